The Kier molecular flexibility index (Phi) is 6.19. The van der Waals surface area contributed by atoms with Gasteiger partial charge in [0.05, 0.1) is 12.2 Å². The third-order valence-corrected chi connectivity index (χ3v) is 12.7. The van der Waals surface area contributed by atoms with E-state index in [1.807, 2.05) is 0 Å². The molecule has 4 nitrogen and oxygen atoms in total. The van der Waals surface area contributed by atoms with Crippen LogP contribution in [-0.2, 0) is 9.53 Å². The number of ether oxygens (including phenoxy) is 1. The number of fused-ring (bicyclic) bond motifs is 7. The van der Waals surface area contributed by atoms with Crippen molar-refractivity contribution in [1.29, 1.82) is 0 Å². The van der Waals surface area contributed by atoms with Crippen molar-refractivity contribution in [1.82, 2.24) is 0 Å². The average molecular weight is 485 g/mol. The number of allylic oxidation sites excluding steroid dienone is 1. The Bertz CT molecular complexity index is 853. The number of aliphatic hydroxyl groups excluding tert-OH is 2. The van der Waals surface area contributed by atoms with Crippen molar-refractivity contribution in [2.45, 2.75) is 116 Å². The molecule has 6 rings (SSSR count). The zero-order chi connectivity index (χ0) is 24.5. The quantitative estimate of drug-likeness (QED) is 0.377. The van der Waals surface area contributed by atoms with E-state index in [0.717, 1.165) is 38.5 Å². The van der Waals surface area contributed by atoms with Gasteiger partial charge in [-0.05, 0) is 123 Å². The topological polar surface area (TPSA) is 66.8 Å². The summed E-state index contributed by atoms with van der Waals surface area (Å²) in [6.07, 6.45) is 16.7. The molecule has 0 spiro atoms. The van der Waals surface area contributed by atoms with E-state index in [1.165, 1.54) is 32.1 Å². The molecule has 3 unspecified atom stereocenters. The molecule has 5 fully saturated rings. The van der Waals surface area contributed by atoms with Crippen LogP contribution in [0.15, 0.2) is 12.2 Å². The second-order valence-corrected chi connectivity index (χ2v) is 14.3. The number of carbonyl (C=O) groups is 1. The second kappa shape index (κ2) is 8.86. The van der Waals surface area contributed by atoms with Crippen LogP contribution in [-0.4, -0.2) is 34.5 Å². The van der Waals surface area contributed by atoms with E-state index < -0.39 is 0 Å². The molecule has 0 radical (unpaired) electrons. The largest absolute Gasteiger partial charge is 0.462 e. The fourth-order valence-corrected chi connectivity index (χ4v) is 10.8. The van der Waals surface area contributed by atoms with Gasteiger partial charge in [0.25, 0.3) is 0 Å². The van der Waals surface area contributed by atoms with Crippen LogP contribution in [0.4, 0.5) is 0 Å². The van der Waals surface area contributed by atoms with Gasteiger partial charge in [-0.2, -0.15) is 0 Å². The van der Waals surface area contributed by atoms with Gasteiger partial charge in [-0.1, -0.05) is 32.9 Å². The van der Waals surface area contributed by atoms with Gasteiger partial charge >= 0.3 is 5.97 Å². The average Bonchev–Trinajstić information content (AvgIpc) is 3.52. The van der Waals surface area contributed by atoms with Crippen molar-refractivity contribution in [3.05, 3.63) is 12.2 Å². The number of esters is 1. The summed E-state index contributed by atoms with van der Waals surface area (Å²) < 4.78 is 5.90. The van der Waals surface area contributed by atoms with E-state index in [-0.39, 0.29) is 35.1 Å². The first-order valence-electron chi connectivity index (χ1n) is 14.9. The van der Waals surface area contributed by atoms with E-state index in [9.17, 15) is 15.0 Å². The van der Waals surface area contributed by atoms with Crippen LogP contribution in [0, 0.1) is 58.2 Å². The summed E-state index contributed by atoms with van der Waals surface area (Å²) in [5, 5.41) is 21.8. The van der Waals surface area contributed by atoms with Crippen LogP contribution in [0.5, 0.6) is 0 Å². The molecule has 0 saturated heterocycles. The van der Waals surface area contributed by atoms with Gasteiger partial charge < -0.3 is 14.9 Å². The smallest absolute Gasteiger partial charge is 0.306 e. The summed E-state index contributed by atoms with van der Waals surface area (Å²) in [6.45, 7) is 7.38. The predicted octanol–water partition coefficient (Wildman–Crippen LogP) is 5.90. The minimum atomic E-state index is -0.215. The van der Waals surface area contributed by atoms with Crippen molar-refractivity contribution in [3.63, 3.8) is 0 Å². The lowest BCUT2D eigenvalue weighted by Gasteiger charge is -2.62. The summed E-state index contributed by atoms with van der Waals surface area (Å²) in [7, 11) is 0. The maximum Gasteiger partial charge on any atom is 0.306 e. The molecule has 4 heteroatoms. The maximum absolute atomic E-state index is 12.7. The monoisotopic (exact) mass is 484 g/mol. The van der Waals surface area contributed by atoms with Crippen molar-refractivity contribution in [2.75, 3.05) is 0 Å². The van der Waals surface area contributed by atoms with Crippen LogP contribution >= 0.6 is 0 Å². The Balaban J connectivity index is 1.09. The van der Waals surface area contributed by atoms with Crippen molar-refractivity contribution in [2.24, 2.45) is 58.2 Å². The number of carbonyl (C=O) groups excluding carboxylic acids is 1. The Morgan fingerprint density at radius 2 is 1.74 bits per heavy atom. The molecule has 5 saturated carbocycles. The standard InChI is InChI=1S/C31H48O4/c1-18(4-9-28(34)35-27-15-19-5-6-20(27)14-19)23-7-8-24-29-25(11-13-31(23,24)3)30(2)12-10-22(32)16-21(30)17-26(29)33/h5-6,18-27,29,32-33H,4,7-17H2,1-3H3/t18-,19?,20?,21+,22-,23-,24+,25+,26-,27?,29+,30+,31-/m1/s1. The summed E-state index contributed by atoms with van der Waals surface area (Å²) >= 11 is 0. The Hall–Kier alpha value is -0.870. The zero-order valence-electron chi connectivity index (χ0n) is 22.2. The second-order valence-electron chi connectivity index (χ2n) is 14.3. The number of hydrogen-bond acceptors (Lipinski definition) is 4. The van der Waals surface area contributed by atoms with Crippen molar-refractivity contribution in [3.8, 4) is 0 Å². The molecule has 0 heterocycles. The van der Waals surface area contributed by atoms with Crippen LogP contribution < -0.4 is 0 Å². The first-order chi connectivity index (χ1) is 16.7. The predicted molar refractivity (Wildman–Crippen MR) is 136 cm³/mol. The van der Waals surface area contributed by atoms with Crippen LogP contribution in [0.1, 0.15) is 97.8 Å². The van der Waals surface area contributed by atoms with E-state index in [1.54, 1.807) is 0 Å². The summed E-state index contributed by atoms with van der Waals surface area (Å²) in [5.74, 6) is 4.34. The molecule has 6 aliphatic carbocycles. The third-order valence-electron chi connectivity index (χ3n) is 12.7. The number of hydrogen-bond donors (Lipinski definition) is 2. The van der Waals surface area contributed by atoms with Crippen LogP contribution in [0.3, 0.4) is 0 Å². The Labute approximate surface area is 212 Å². The molecule has 0 amide bonds. The molecule has 0 aliphatic heterocycles. The molecule has 0 aromatic heterocycles. The Morgan fingerprint density at radius 3 is 2.49 bits per heavy atom. The van der Waals surface area contributed by atoms with E-state index >= 15 is 0 Å². The minimum absolute atomic E-state index is 0.00682. The van der Waals surface area contributed by atoms with Gasteiger partial charge in [-0.3, -0.25) is 4.79 Å². The fraction of sp³-hybridized carbons (Fsp3) is 0.903. The first-order valence-corrected chi connectivity index (χ1v) is 14.9. The first kappa shape index (κ1) is 24.5. The molecule has 2 bridgehead atoms. The highest BCUT2D eigenvalue weighted by Gasteiger charge is 2.62. The molecular formula is C31H48O4. The van der Waals surface area contributed by atoms with Gasteiger partial charge in [-0.25, -0.2) is 0 Å². The van der Waals surface area contributed by atoms with Crippen molar-refractivity contribution < 1.29 is 19.7 Å². The third kappa shape index (κ3) is 3.95. The molecule has 196 valence electrons. The lowest BCUT2D eigenvalue weighted by molar-refractivity contribution is -0.174. The summed E-state index contributed by atoms with van der Waals surface area (Å²) in [5.41, 5.74) is 0.561. The van der Waals surface area contributed by atoms with E-state index in [2.05, 4.69) is 32.9 Å². The maximum atomic E-state index is 12.7. The van der Waals surface area contributed by atoms with Crippen LogP contribution in [0.25, 0.3) is 0 Å². The van der Waals surface area contributed by atoms with Gasteiger partial charge in [0, 0.05) is 12.3 Å². The van der Waals surface area contributed by atoms with Gasteiger partial charge in [0.2, 0.25) is 0 Å². The van der Waals surface area contributed by atoms with Gasteiger partial charge in [0.1, 0.15) is 6.10 Å². The summed E-state index contributed by atoms with van der Waals surface area (Å²) in [6, 6.07) is 0. The van der Waals surface area contributed by atoms with Gasteiger partial charge in [-0.15, -0.1) is 0 Å². The molecule has 2 N–H and O–H groups in total. The number of aliphatic hydroxyl groups is 2. The normalized spacial score (nSPS) is 53.1. The van der Waals surface area contributed by atoms with Crippen molar-refractivity contribution >= 4 is 5.97 Å². The SMILES string of the molecule is C[C@H](CCC(=O)OC1CC2C=CC1C2)[C@H]1CC[C@H]2[C@@H]3[C@H](O)C[C@@H]4C[C@H](O)CC[C@]4(C)[C@H]3CC[C@]12C. The van der Waals surface area contributed by atoms with E-state index in [0.29, 0.717) is 53.8 Å². The van der Waals surface area contributed by atoms with Gasteiger partial charge in [0.15, 0.2) is 0 Å². The highest BCUT2D eigenvalue weighted by atomic mass is 16.5. The molecule has 35 heavy (non-hydrogen) atoms. The molecule has 0 aromatic rings. The zero-order valence-corrected chi connectivity index (χ0v) is 22.2. The molecular weight excluding hydrogens is 436 g/mol. The fourth-order valence-electron chi connectivity index (χ4n) is 10.8. The number of rotatable bonds is 5. The Morgan fingerprint density at radius 1 is 0.971 bits per heavy atom. The molecule has 6 aliphatic rings. The summed E-state index contributed by atoms with van der Waals surface area (Å²) in [4.78, 5) is 12.7. The van der Waals surface area contributed by atoms with Crippen LogP contribution in [0.2, 0.25) is 0 Å². The highest BCUT2D eigenvalue weighted by Crippen LogP contribution is 2.68. The minimum Gasteiger partial charge on any atom is -0.462 e. The van der Waals surface area contributed by atoms with E-state index in [4.69, 9.17) is 4.74 Å². The highest BCUT2D eigenvalue weighted by molar-refractivity contribution is 5.69. The molecule has 13 atom stereocenters. The lowest BCUT2D eigenvalue weighted by atomic mass is 9.43. The molecule has 0 aromatic carbocycles. The lowest BCUT2D eigenvalue weighted by Crippen LogP contribution is -2.58.